The number of hydrogen-bond acceptors (Lipinski definition) is 8. The number of hydrogen-bond donors (Lipinski definition) is 2. The van der Waals surface area contributed by atoms with Gasteiger partial charge in [0.15, 0.2) is 6.61 Å². The number of benzene rings is 1. The number of amides is 1. The van der Waals surface area contributed by atoms with Crippen molar-refractivity contribution in [2.75, 3.05) is 25.5 Å². The number of anilines is 1. The molecule has 0 aliphatic rings. The van der Waals surface area contributed by atoms with Crippen LogP contribution in [0.25, 0.3) is 22.2 Å². The zero-order valence-corrected chi connectivity index (χ0v) is 20.9. The van der Waals surface area contributed by atoms with Crippen LogP contribution in [0.3, 0.4) is 0 Å². The van der Waals surface area contributed by atoms with Crippen LogP contribution in [-0.4, -0.2) is 57.2 Å². The molecule has 3 heterocycles. The third-order valence-electron chi connectivity index (χ3n) is 5.35. The fraction of sp³-hybridized carbons (Fsp3) is 0.250. The molecule has 0 spiro atoms. The number of rotatable bonds is 8. The van der Waals surface area contributed by atoms with Crippen molar-refractivity contribution in [1.82, 2.24) is 30.2 Å². The molecule has 4 rings (SSSR count). The molecule has 1 aromatic carbocycles. The first-order chi connectivity index (χ1) is 17.2. The van der Waals surface area contributed by atoms with E-state index in [1.807, 2.05) is 25.1 Å². The molecule has 0 saturated carbocycles. The number of fused-ring (bicyclic) bond motifs is 1. The third-order valence-corrected chi connectivity index (χ3v) is 5.35. The van der Waals surface area contributed by atoms with Gasteiger partial charge in [0.2, 0.25) is 0 Å². The third kappa shape index (κ3) is 6.82. The van der Waals surface area contributed by atoms with E-state index in [4.69, 9.17) is 0 Å². The number of ether oxygens (including phenoxy) is 1. The summed E-state index contributed by atoms with van der Waals surface area (Å²) in [5.41, 5.74) is 3.27. The Labute approximate surface area is 217 Å². The molecule has 4 aromatic rings. The molecule has 0 bridgehead atoms. The SMILES string of the molecule is CNC(=O)c1ccnc2c([C@H](C)CNc3cc(-c4cnc(OCC(F)(F)F)nc4)ncn3)cccc12.S. The summed E-state index contributed by atoms with van der Waals surface area (Å²) in [7, 11) is 1.59. The van der Waals surface area contributed by atoms with Crippen molar-refractivity contribution >= 4 is 36.1 Å². The van der Waals surface area contributed by atoms with Gasteiger partial charge in [-0.2, -0.15) is 26.7 Å². The molecule has 0 unspecified atom stereocenters. The minimum absolute atomic E-state index is 0. The molecular weight excluding hydrogens is 507 g/mol. The van der Waals surface area contributed by atoms with Gasteiger partial charge in [0, 0.05) is 55.1 Å². The van der Waals surface area contributed by atoms with Crippen molar-refractivity contribution in [2.45, 2.75) is 19.0 Å². The van der Waals surface area contributed by atoms with Gasteiger partial charge in [0.1, 0.15) is 12.1 Å². The van der Waals surface area contributed by atoms with E-state index in [2.05, 4.69) is 40.3 Å². The summed E-state index contributed by atoms with van der Waals surface area (Å²) >= 11 is 0. The average Bonchev–Trinajstić information content (AvgIpc) is 2.89. The molecule has 0 aliphatic heterocycles. The van der Waals surface area contributed by atoms with Crippen LogP contribution in [0.1, 0.15) is 28.8 Å². The Balaban J connectivity index is 0.00000380. The Morgan fingerprint density at radius 2 is 1.84 bits per heavy atom. The lowest BCUT2D eigenvalue weighted by Gasteiger charge is -2.16. The van der Waals surface area contributed by atoms with Gasteiger partial charge in [-0.05, 0) is 11.6 Å². The van der Waals surface area contributed by atoms with Crippen molar-refractivity contribution in [1.29, 1.82) is 0 Å². The first-order valence-corrected chi connectivity index (χ1v) is 10.9. The predicted octanol–water partition coefficient (Wildman–Crippen LogP) is 4.11. The maximum absolute atomic E-state index is 12.3. The second-order valence-electron chi connectivity index (χ2n) is 7.91. The van der Waals surface area contributed by atoms with Crippen LogP contribution in [-0.2, 0) is 0 Å². The zero-order valence-electron chi connectivity index (χ0n) is 19.9. The molecule has 0 radical (unpaired) electrons. The molecule has 37 heavy (non-hydrogen) atoms. The van der Waals surface area contributed by atoms with Crippen molar-refractivity contribution in [3.63, 3.8) is 0 Å². The van der Waals surface area contributed by atoms with Gasteiger partial charge in [-0.15, -0.1) is 0 Å². The van der Waals surface area contributed by atoms with Crippen LogP contribution in [0.5, 0.6) is 6.01 Å². The molecule has 1 atom stereocenters. The maximum atomic E-state index is 12.3. The van der Waals surface area contributed by atoms with E-state index in [1.165, 1.54) is 18.7 Å². The second-order valence-corrected chi connectivity index (χ2v) is 7.91. The Bertz CT molecular complexity index is 1370. The van der Waals surface area contributed by atoms with Crippen LogP contribution in [0, 0.1) is 0 Å². The molecular formula is C24H24F3N7O2S. The van der Waals surface area contributed by atoms with Gasteiger partial charge in [0.25, 0.3) is 5.91 Å². The van der Waals surface area contributed by atoms with E-state index in [-0.39, 0.29) is 31.3 Å². The van der Waals surface area contributed by atoms with Gasteiger partial charge in [0.05, 0.1) is 16.8 Å². The molecule has 3 aromatic heterocycles. The molecule has 9 nitrogen and oxygen atoms in total. The Hall–Kier alpha value is -4.00. The second kappa shape index (κ2) is 11.8. The van der Waals surface area contributed by atoms with E-state index in [0.717, 1.165) is 16.5 Å². The summed E-state index contributed by atoms with van der Waals surface area (Å²) in [6.07, 6.45) is 1.18. The molecule has 194 valence electrons. The topological polar surface area (TPSA) is 115 Å². The number of nitrogens with one attached hydrogen (secondary N) is 2. The highest BCUT2D eigenvalue weighted by molar-refractivity contribution is 7.59. The average molecular weight is 532 g/mol. The summed E-state index contributed by atoms with van der Waals surface area (Å²) in [6.45, 7) is 1.08. The monoisotopic (exact) mass is 531 g/mol. The minimum Gasteiger partial charge on any atom is -0.454 e. The highest BCUT2D eigenvalue weighted by atomic mass is 32.1. The fourth-order valence-electron chi connectivity index (χ4n) is 3.58. The van der Waals surface area contributed by atoms with Crippen LogP contribution in [0.15, 0.2) is 55.2 Å². The number of carbonyl (C=O) groups is 1. The van der Waals surface area contributed by atoms with E-state index >= 15 is 0 Å². The number of alkyl halides is 3. The molecule has 0 saturated heterocycles. The minimum atomic E-state index is -4.47. The van der Waals surface area contributed by atoms with Crippen LogP contribution < -0.4 is 15.4 Å². The highest BCUT2D eigenvalue weighted by Gasteiger charge is 2.29. The maximum Gasteiger partial charge on any atom is 0.422 e. The van der Waals surface area contributed by atoms with Crippen molar-refractivity contribution in [3.8, 4) is 17.3 Å². The fourth-order valence-corrected chi connectivity index (χ4v) is 3.58. The molecule has 2 N–H and O–H groups in total. The summed E-state index contributed by atoms with van der Waals surface area (Å²) in [5.74, 6) is 0.388. The van der Waals surface area contributed by atoms with Crippen molar-refractivity contribution in [2.24, 2.45) is 0 Å². The number of pyridine rings is 1. The smallest absolute Gasteiger partial charge is 0.422 e. The van der Waals surface area contributed by atoms with E-state index in [0.29, 0.717) is 29.2 Å². The lowest BCUT2D eigenvalue weighted by Crippen LogP contribution is -2.20. The van der Waals surface area contributed by atoms with Gasteiger partial charge < -0.3 is 15.4 Å². The van der Waals surface area contributed by atoms with Crippen molar-refractivity contribution < 1.29 is 22.7 Å². The molecule has 1 amide bonds. The van der Waals surface area contributed by atoms with E-state index in [1.54, 1.807) is 25.4 Å². The van der Waals surface area contributed by atoms with Gasteiger partial charge in [-0.1, -0.05) is 25.1 Å². The predicted molar refractivity (Wildman–Crippen MR) is 137 cm³/mol. The number of halogens is 3. The Morgan fingerprint density at radius 3 is 2.54 bits per heavy atom. The standard InChI is InChI=1S/C24H22F3N7O2.H2S/c1-14(16-4-3-5-17-18(22(35)28-2)6-7-29-21(16)17)9-30-20-8-19(33-13-34-20)15-10-31-23(32-11-15)36-12-24(25,26)27;/h3-8,10-11,13-14H,9,12H2,1-2H3,(H,28,35)(H,30,33,34);1H2/t14-;/m1./s1. The van der Waals surface area contributed by atoms with Gasteiger partial charge in [-0.25, -0.2) is 19.9 Å². The Morgan fingerprint density at radius 1 is 1.08 bits per heavy atom. The highest BCUT2D eigenvalue weighted by Crippen LogP contribution is 2.27. The number of aromatic nitrogens is 5. The lowest BCUT2D eigenvalue weighted by atomic mass is 9.96. The zero-order chi connectivity index (χ0) is 25.7. The molecule has 13 heteroatoms. The Kier molecular flexibility index (Phi) is 8.81. The van der Waals surface area contributed by atoms with E-state index in [9.17, 15) is 18.0 Å². The van der Waals surface area contributed by atoms with Crippen LogP contribution in [0.4, 0.5) is 19.0 Å². The normalized spacial score (nSPS) is 11.9. The van der Waals surface area contributed by atoms with Gasteiger partial charge in [-0.3, -0.25) is 9.78 Å². The van der Waals surface area contributed by atoms with Crippen LogP contribution >= 0.6 is 13.5 Å². The summed E-state index contributed by atoms with van der Waals surface area (Å²) < 4.78 is 41.4. The largest absolute Gasteiger partial charge is 0.454 e. The van der Waals surface area contributed by atoms with E-state index < -0.39 is 12.8 Å². The van der Waals surface area contributed by atoms with Crippen molar-refractivity contribution in [3.05, 3.63) is 66.4 Å². The quantitative estimate of drug-likeness (QED) is 0.349. The summed E-state index contributed by atoms with van der Waals surface area (Å²) in [6, 6.07) is 8.74. The summed E-state index contributed by atoms with van der Waals surface area (Å²) in [5, 5.41) is 6.69. The molecule has 0 fully saturated rings. The first-order valence-electron chi connectivity index (χ1n) is 10.9. The lowest BCUT2D eigenvalue weighted by molar-refractivity contribution is -0.154. The van der Waals surface area contributed by atoms with Gasteiger partial charge >= 0.3 is 12.2 Å². The van der Waals surface area contributed by atoms with Crippen LogP contribution in [0.2, 0.25) is 0 Å². The molecule has 0 aliphatic carbocycles. The number of para-hydroxylation sites is 1. The first kappa shape index (κ1) is 27.6. The summed E-state index contributed by atoms with van der Waals surface area (Å²) in [4.78, 5) is 32.8. The number of nitrogens with zero attached hydrogens (tertiary/aromatic N) is 5. The number of carbonyl (C=O) groups excluding carboxylic acids is 1.